The molecule has 0 amide bonds. The maximum Gasteiger partial charge on any atom is 0.164 e. The van der Waals surface area contributed by atoms with Crippen LogP contribution in [0.5, 0.6) is 11.5 Å². The summed E-state index contributed by atoms with van der Waals surface area (Å²) >= 11 is 0. The summed E-state index contributed by atoms with van der Waals surface area (Å²) in [5.74, 6) is 2.30. The van der Waals surface area contributed by atoms with Crippen molar-refractivity contribution >= 4 is 27.3 Å². The molecule has 0 bridgehead atoms. The summed E-state index contributed by atoms with van der Waals surface area (Å²) in [6.45, 7) is 27.8. The molecule has 5 rings (SSSR count). The van der Waals surface area contributed by atoms with Gasteiger partial charge in [-0.25, -0.2) is 0 Å². The first-order chi connectivity index (χ1) is 22.9. The number of hydrogen-bond acceptors (Lipinski definition) is 4. The zero-order chi connectivity index (χ0) is 36.5. The molecule has 1 aromatic heterocycles. The minimum atomic E-state index is -0.258. The Balaban J connectivity index is 0.000000323. The molecule has 5 heteroatoms. The topological polar surface area (TPSA) is 59.4 Å². The van der Waals surface area contributed by atoms with Crippen molar-refractivity contribution in [1.29, 1.82) is 0 Å². The third-order valence-electron chi connectivity index (χ3n) is 10.3. The molecule has 0 saturated heterocycles. The van der Waals surface area contributed by atoms with Crippen LogP contribution in [0.15, 0.2) is 53.9 Å². The van der Waals surface area contributed by atoms with E-state index in [1.54, 1.807) is 6.92 Å². The van der Waals surface area contributed by atoms with Crippen LogP contribution < -0.4 is 4.74 Å². The summed E-state index contributed by atoms with van der Waals surface area (Å²) in [6.07, 6.45) is 7.24. The second-order valence-electron chi connectivity index (χ2n) is 16.9. The number of allylic oxidation sites excluding steroid dienone is 2. The fourth-order valence-corrected chi connectivity index (χ4v) is 7.03. The number of hydrogen-bond donors (Lipinski definition) is 1. The number of fused-ring (bicyclic) bond motifs is 3. The van der Waals surface area contributed by atoms with E-state index in [2.05, 4.69) is 105 Å². The molecule has 1 aliphatic heterocycles. The van der Waals surface area contributed by atoms with Crippen molar-refractivity contribution in [2.45, 2.75) is 129 Å². The summed E-state index contributed by atoms with van der Waals surface area (Å²) in [4.78, 5) is 17.0. The number of aryl methyl sites for hydroxylation is 1. The van der Waals surface area contributed by atoms with Crippen LogP contribution in [0.1, 0.15) is 125 Å². The van der Waals surface area contributed by atoms with Gasteiger partial charge >= 0.3 is 0 Å². The molecule has 0 saturated carbocycles. The molecule has 1 radical (unpaired) electrons. The summed E-state index contributed by atoms with van der Waals surface area (Å²) in [5.41, 5.74) is 6.42. The Morgan fingerprint density at radius 2 is 1.52 bits per heavy atom. The molecule has 3 aromatic carbocycles. The van der Waals surface area contributed by atoms with E-state index < -0.39 is 0 Å². The number of carbonyl (C=O) groups is 1. The second-order valence-corrected chi connectivity index (χ2v) is 16.9. The predicted molar refractivity (Wildman–Crippen MR) is 208 cm³/mol. The number of aliphatic hydroxyl groups is 1. The summed E-state index contributed by atoms with van der Waals surface area (Å²) in [6, 6.07) is 16.9. The Labute approximate surface area is 315 Å². The van der Waals surface area contributed by atoms with Gasteiger partial charge in [-0.3, -0.25) is 9.78 Å². The van der Waals surface area contributed by atoms with Crippen molar-refractivity contribution in [3.8, 4) is 22.8 Å². The Bertz CT molecular complexity index is 1860. The smallest absolute Gasteiger partial charge is 0.164 e. The predicted octanol–water partition coefficient (Wildman–Crippen LogP) is 13.1. The zero-order valence-corrected chi connectivity index (χ0v) is 35.3. The fourth-order valence-electron chi connectivity index (χ4n) is 7.03. The summed E-state index contributed by atoms with van der Waals surface area (Å²) in [5, 5.41) is 15.0. The van der Waals surface area contributed by atoms with Gasteiger partial charge in [-0.05, 0) is 86.3 Å². The van der Waals surface area contributed by atoms with Crippen molar-refractivity contribution < 1.29 is 34.7 Å². The standard InChI is InChI=1S/C30H32NO.C15H28O2.Ir/c1-18-8-9-22-21(12-18)15-23-27-26-20(10-11-31-27)13-19(16-29(2,3)4)14-25(26)32-28(23)24(22)17-30(5,6)7;1-7-12(8-2)13(16)11(5)14(17)15(6,9-3)10-4;/h8-14H,16-17H2,1-7H3;12,17H,7-10H2,1-6H3;/q-1;;/b;14-11-;. The summed E-state index contributed by atoms with van der Waals surface area (Å²) in [7, 11) is 0. The van der Waals surface area contributed by atoms with Gasteiger partial charge in [0.05, 0.1) is 5.75 Å². The molecule has 1 N–H and O–H groups in total. The SMILES string of the molecule is CCC(CC)C(=O)/C(C)=C(\O)C(C)(CC)CC.Cc1ccc2c(CC(C)(C)C)c3c([c-]c2c1)-c1nccc2cc(CC(C)(C)C)cc(c12)O3.[Ir]. The van der Waals surface area contributed by atoms with Gasteiger partial charge in [0.15, 0.2) is 5.78 Å². The molecule has 0 fully saturated rings. The average molecular weight is 855 g/mol. The van der Waals surface area contributed by atoms with Crippen LogP contribution in [-0.2, 0) is 37.7 Å². The van der Waals surface area contributed by atoms with E-state index in [-0.39, 0.29) is 48.1 Å². The van der Waals surface area contributed by atoms with Crippen molar-refractivity contribution in [3.05, 3.63) is 76.7 Å². The van der Waals surface area contributed by atoms with E-state index in [4.69, 9.17) is 9.72 Å². The molecule has 4 nitrogen and oxygen atoms in total. The number of aliphatic hydroxyl groups excluding tert-OH is 1. The molecule has 0 spiro atoms. The molecule has 0 aliphatic carbocycles. The number of Topliss-reactive ketones (excluding diaryl/α,β-unsaturated/α-hetero) is 1. The molecule has 4 aromatic rings. The van der Waals surface area contributed by atoms with Gasteiger partial charge in [0.2, 0.25) is 0 Å². The van der Waals surface area contributed by atoms with Crippen LogP contribution in [0.3, 0.4) is 0 Å². The van der Waals surface area contributed by atoms with Gasteiger partial charge in [0.1, 0.15) is 11.5 Å². The number of carbonyl (C=O) groups excluding carboxylic acids is 1. The van der Waals surface area contributed by atoms with Crippen molar-refractivity contribution in [2.24, 2.45) is 22.2 Å². The number of benzene rings is 3. The third-order valence-corrected chi connectivity index (χ3v) is 10.3. The normalized spacial score (nSPS) is 13.2. The molecule has 0 unspecified atom stereocenters. The van der Waals surface area contributed by atoms with Crippen LogP contribution in [0.25, 0.3) is 32.8 Å². The van der Waals surface area contributed by atoms with E-state index in [1.807, 2.05) is 27.0 Å². The average Bonchev–Trinajstić information content (AvgIpc) is 3.03. The maximum absolute atomic E-state index is 12.2. The van der Waals surface area contributed by atoms with E-state index in [0.29, 0.717) is 11.3 Å². The van der Waals surface area contributed by atoms with Gasteiger partial charge in [0.25, 0.3) is 0 Å². The first-order valence-electron chi connectivity index (χ1n) is 18.4. The van der Waals surface area contributed by atoms with Gasteiger partial charge < -0.3 is 9.84 Å². The third kappa shape index (κ3) is 9.07. The Morgan fingerprint density at radius 3 is 2.08 bits per heavy atom. The monoisotopic (exact) mass is 855 g/mol. The van der Waals surface area contributed by atoms with Crippen LogP contribution >= 0.6 is 0 Å². The molecule has 1 aliphatic rings. The second kappa shape index (κ2) is 16.1. The van der Waals surface area contributed by atoms with Gasteiger partial charge in [0, 0.05) is 54.3 Å². The maximum atomic E-state index is 12.2. The zero-order valence-electron chi connectivity index (χ0n) is 32.9. The molecule has 0 atom stereocenters. The van der Waals surface area contributed by atoms with Crippen LogP contribution in [0.2, 0.25) is 0 Å². The van der Waals surface area contributed by atoms with Crippen molar-refractivity contribution in [3.63, 3.8) is 0 Å². The molecule has 273 valence electrons. The first-order valence-corrected chi connectivity index (χ1v) is 18.4. The molecule has 2 heterocycles. The Morgan fingerprint density at radius 1 is 0.900 bits per heavy atom. The van der Waals surface area contributed by atoms with Crippen LogP contribution in [0, 0.1) is 35.2 Å². The Kier molecular flexibility index (Phi) is 13.4. The Hall–Kier alpha value is -3.01. The van der Waals surface area contributed by atoms with Gasteiger partial charge in [-0.2, -0.15) is 0 Å². The van der Waals surface area contributed by atoms with E-state index >= 15 is 0 Å². The minimum Gasteiger partial charge on any atom is -0.511 e. The number of ketones is 1. The molecular weight excluding hydrogens is 795 g/mol. The van der Waals surface area contributed by atoms with Crippen LogP contribution in [0.4, 0.5) is 0 Å². The van der Waals surface area contributed by atoms with E-state index in [9.17, 15) is 9.90 Å². The van der Waals surface area contributed by atoms with E-state index in [0.717, 1.165) is 72.1 Å². The first kappa shape index (κ1) is 41.4. The largest absolute Gasteiger partial charge is 0.511 e. The fraction of sp³-hybridized carbons (Fsp3) is 0.511. The van der Waals surface area contributed by atoms with Gasteiger partial charge in [-0.15, -0.1) is 17.5 Å². The molecular formula is C45H60IrNO3-. The number of nitrogens with zero attached hydrogens (tertiary/aromatic N) is 1. The van der Waals surface area contributed by atoms with Crippen molar-refractivity contribution in [1.82, 2.24) is 4.98 Å². The van der Waals surface area contributed by atoms with Crippen molar-refractivity contribution in [2.75, 3.05) is 0 Å². The number of ether oxygens (including phenoxy) is 1. The van der Waals surface area contributed by atoms with E-state index in [1.165, 1.54) is 27.5 Å². The quantitative estimate of drug-likeness (QED) is 0.0911. The van der Waals surface area contributed by atoms with Crippen LogP contribution in [-0.4, -0.2) is 15.9 Å². The molecule has 50 heavy (non-hydrogen) atoms. The summed E-state index contributed by atoms with van der Waals surface area (Å²) < 4.78 is 6.75. The number of aromatic nitrogens is 1. The number of pyridine rings is 1. The number of rotatable bonds is 9. The van der Waals surface area contributed by atoms with Gasteiger partial charge in [-0.1, -0.05) is 116 Å². The minimum absolute atomic E-state index is 0.